The summed E-state index contributed by atoms with van der Waals surface area (Å²) in [7, 11) is -2.63. The Hall–Kier alpha value is -1.04. The van der Waals surface area contributed by atoms with E-state index in [1.165, 1.54) is 7.11 Å². The highest BCUT2D eigenvalue weighted by Crippen LogP contribution is 2.50. The van der Waals surface area contributed by atoms with Crippen LogP contribution in [0.25, 0.3) is 0 Å². The second-order valence-electron chi connectivity index (χ2n) is 11.7. The zero-order chi connectivity index (χ0) is 24.5. The Morgan fingerprint density at radius 3 is 2.45 bits per heavy atom. The molecule has 2 fully saturated rings. The van der Waals surface area contributed by atoms with Gasteiger partial charge in [-0.3, -0.25) is 0 Å². The van der Waals surface area contributed by atoms with Crippen molar-refractivity contribution in [3.63, 3.8) is 0 Å². The third kappa shape index (κ3) is 6.15. The fourth-order valence-electron chi connectivity index (χ4n) is 4.92. The first-order chi connectivity index (χ1) is 15.3. The number of hydrogen-bond donors (Lipinski definition) is 0. The van der Waals surface area contributed by atoms with Gasteiger partial charge in [0.05, 0.1) is 25.9 Å². The van der Waals surface area contributed by atoms with E-state index in [1.54, 1.807) is 0 Å². The summed E-state index contributed by atoms with van der Waals surface area (Å²) in [4.78, 5) is 13.3. The Kier molecular flexibility index (Phi) is 7.98. The molecule has 33 heavy (non-hydrogen) atoms. The maximum absolute atomic E-state index is 13.3. The lowest BCUT2D eigenvalue weighted by atomic mass is 9.75. The van der Waals surface area contributed by atoms with Crippen molar-refractivity contribution in [3.05, 3.63) is 35.9 Å². The molecular formula is C25H42O6Si2. The number of fused-ring (bicyclic) bond motifs is 1. The largest absolute Gasteiger partial charge is 0.467 e. The zero-order valence-corrected chi connectivity index (χ0v) is 23.6. The number of esters is 1. The monoisotopic (exact) mass is 494 g/mol. The fraction of sp³-hybridized carbons (Fsp3) is 0.720. The van der Waals surface area contributed by atoms with Gasteiger partial charge in [-0.05, 0) is 55.2 Å². The highest BCUT2D eigenvalue weighted by Gasteiger charge is 2.60. The molecule has 1 aliphatic carbocycles. The smallest absolute Gasteiger partial charge is 0.337 e. The van der Waals surface area contributed by atoms with Crippen LogP contribution in [0.5, 0.6) is 0 Å². The van der Waals surface area contributed by atoms with Crippen molar-refractivity contribution in [3.8, 4) is 0 Å². The van der Waals surface area contributed by atoms with E-state index in [2.05, 4.69) is 47.0 Å². The van der Waals surface area contributed by atoms with Crippen LogP contribution in [0.15, 0.2) is 30.3 Å². The summed E-state index contributed by atoms with van der Waals surface area (Å²) in [6, 6.07) is 11.0. The highest BCUT2D eigenvalue weighted by molar-refractivity contribution is 6.74. The normalized spacial score (nSPS) is 29.5. The van der Waals surface area contributed by atoms with Crippen LogP contribution in [0.3, 0.4) is 0 Å². The van der Waals surface area contributed by atoms with E-state index in [0.29, 0.717) is 19.4 Å². The predicted molar refractivity (Wildman–Crippen MR) is 134 cm³/mol. The minimum Gasteiger partial charge on any atom is -0.467 e. The Balaban J connectivity index is 1.80. The van der Waals surface area contributed by atoms with Gasteiger partial charge in [0.2, 0.25) is 0 Å². The molecule has 0 spiro atoms. The quantitative estimate of drug-likeness (QED) is 0.206. The Morgan fingerprint density at radius 2 is 1.85 bits per heavy atom. The van der Waals surface area contributed by atoms with Crippen molar-refractivity contribution >= 4 is 22.6 Å². The predicted octanol–water partition coefficient (Wildman–Crippen LogP) is 5.49. The molecular weight excluding hydrogens is 452 g/mol. The number of hydrogen-bond acceptors (Lipinski definition) is 6. The zero-order valence-electron chi connectivity index (χ0n) is 21.6. The first-order valence-electron chi connectivity index (χ1n) is 12.0. The molecule has 0 radical (unpaired) electrons. The molecule has 1 saturated carbocycles. The van der Waals surface area contributed by atoms with Gasteiger partial charge in [0, 0.05) is 6.42 Å². The summed E-state index contributed by atoms with van der Waals surface area (Å²) in [6.45, 7) is 16.0. The van der Waals surface area contributed by atoms with E-state index < -0.39 is 22.2 Å². The van der Waals surface area contributed by atoms with Gasteiger partial charge in [-0.15, -0.1) is 0 Å². The van der Waals surface area contributed by atoms with Crippen LogP contribution in [-0.4, -0.2) is 54.3 Å². The first-order valence-corrected chi connectivity index (χ1v) is 18.0. The van der Waals surface area contributed by atoms with Crippen molar-refractivity contribution in [2.24, 2.45) is 5.92 Å². The lowest BCUT2D eigenvalue weighted by Crippen LogP contribution is -2.60. The fourth-order valence-corrected chi connectivity index (χ4v) is 9.27. The molecule has 6 nitrogen and oxygen atoms in total. The minimum atomic E-state index is -2.25. The molecule has 186 valence electrons. The van der Waals surface area contributed by atoms with Crippen LogP contribution in [0.4, 0.5) is 0 Å². The number of ether oxygens (including phenoxy) is 3. The molecule has 3 rings (SSSR count). The topological polar surface area (TPSA) is 63.2 Å². The molecule has 1 aliphatic heterocycles. The van der Waals surface area contributed by atoms with Crippen molar-refractivity contribution in [1.29, 1.82) is 0 Å². The lowest BCUT2D eigenvalue weighted by molar-refractivity contribution is -0.191. The van der Waals surface area contributed by atoms with Crippen LogP contribution >= 0.6 is 0 Å². The Morgan fingerprint density at radius 1 is 1.18 bits per heavy atom. The number of carbonyl (C=O) groups is 1. The summed E-state index contributed by atoms with van der Waals surface area (Å²) in [5, 5.41) is -0.0276. The highest BCUT2D eigenvalue weighted by atomic mass is 28.4. The molecule has 1 aromatic carbocycles. The lowest BCUT2D eigenvalue weighted by Gasteiger charge is -2.49. The first kappa shape index (κ1) is 26.6. The van der Waals surface area contributed by atoms with Crippen LogP contribution in [0.2, 0.25) is 37.3 Å². The molecule has 0 N–H and O–H groups in total. The van der Waals surface area contributed by atoms with Gasteiger partial charge in [0.15, 0.2) is 22.2 Å². The molecule has 8 heteroatoms. The molecule has 4 atom stereocenters. The second-order valence-corrected chi connectivity index (χ2v) is 20.6. The number of carbonyl (C=O) groups excluding carboxylic acids is 1. The Bertz CT molecular complexity index is 807. The Labute approximate surface area is 201 Å². The molecule has 0 unspecified atom stereocenters. The van der Waals surface area contributed by atoms with Crippen LogP contribution in [-0.2, 0) is 34.5 Å². The molecule has 0 bridgehead atoms. The van der Waals surface area contributed by atoms with Crippen LogP contribution < -0.4 is 0 Å². The van der Waals surface area contributed by atoms with Gasteiger partial charge in [-0.25, -0.2) is 4.79 Å². The summed E-state index contributed by atoms with van der Waals surface area (Å²) < 4.78 is 30.8. The molecule has 0 aromatic heterocycles. The third-order valence-electron chi connectivity index (χ3n) is 7.45. The second kappa shape index (κ2) is 9.91. The van der Waals surface area contributed by atoms with Gasteiger partial charge < -0.3 is 23.1 Å². The standard InChI is InChI=1S/C25H42O6Si2/c1-24(2,3)33(7,8)31-25(23(26)27-4)14-20-17-32(5,6)30-22(20)21(15-25)29-18-28-16-19-12-10-9-11-13-19/h9-13,20-22H,14-18H2,1-8H3/t20-,21+,22+,25-/m0/s1. The third-order valence-corrected chi connectivity index (χ3v) is 14.4. The summed E-state index contributed by atoms with van der Waals surface area (Å²) in [6.07, 6.45) is 0.732. The van der Waals surface area contributed by atoms with Gasteiger partial charge in [0.25, 0.3) is 0 Å². The van der Waals surface area contributed by atoms with Crippen molar-refractivity contribution in [2.45, 2.75) is 95.3 Å². The number of methoxy groups -OCH3 is 1. The van der Waals surface area contributed by atoms with Crippen LogP contribution in [0, 0.1) is 5.92 Å². The van der Waals surface area contributed by atoms with Gasteiger partial charge in [-0.1, -0.05) is 51.1 Å². The van der Waals surface area contributed by atoms with E-state index >= 15 is 0 Å². The van der Waals surface area contributed by atoms with Gasteiger partial charge in [-0.2, -0.15) is 0 Å². The molecule has 0 amide bonds. The van der Waals surface area contributed by atoms with Gasteiger partial charge in [0.1, 0.15) is 6.79 Å². The van der Waals surface area contributed by atoms with E-state index in [1.807, 2.05) is 30.3 Å². The minimum absolute atomic E-state index is 0.0276. The summed E-state index contributed by atoms with van der Waals surface area (Å²) in [5.41, 5.74) is 0.0831. The molecule has 1 heterocycles. The van der Waals surface area contributed by atoms with Crippen molar-refractivity contribution in [1.82, 2.24) is 0 Å². The van der Waals surface area contributed by atoms with Gasteiger partial charge >= 0.3 is 5.97 Å². The number of benzene rings is 1. The molecule has 1 saturated heterocycles. The van der Waals surface area contributed by atoms with E-state index in [-0.39, 0.29) is 35.9 Å². The van der Waals surface area contributed by atoms with Crippen LogP contribution in [0.1, 0.15) is 39.2 Å². The van der Waals surface area contributed by atoms with Crippen molar-refractivity contribution < 1.29 is 27.9 Å². The van der Waals surface area contributed by atoms with E-state index in [4.69, 9.17) is 23.1 Å². The maximum Gasteiger partial charge on any atom is 0.337 e. The average Bonchev–Trinajstić information content (AvgIpc) is 3.03. The summed E-state index contributed by atoms with van der Waals surface area (Å²) in [5.74, 6) is -0.0839. The summed E-state index contributed by atoms with van der Waals surface area (Å²) >= 11 is 0. The van der Waals surface area contributed by atoms with Crippen molar-refractivity contribution in [2.75, 3.05) is 13.9 Å². The van der Waals surface area contributed by atoms with E-state index in [0.717, 1.165) is 11.6 Å². The average molecular weight is 495 g/mol. The van der Waals surface area contributed by atoms with E-state index in [9.17, 15) is 4.79 Å². The molecule has 1 aromatic rings. The SMILES string of the molecule is COC(=O)[C@]1(O[Si](C)(C)C(C)(C)C)C[C@H]2C[Si](C)(C)O[C@H]2[C@H](OCOCc2ccccc2)C1. The molecule has 2 aliphatic rings. The number of rotatable bonds is 8. The maximum atomic E-state index is 13.3.